The average molecular weight is 443 g/mol. The molecule has 1 aliphatic carbocycles. The number of hydrogen-bond acceptors (Lipinski definition) is 6. The van der Waals surface area contributed by atoms with Crippen LogP contribution in [0.4, 0.5) is 5.00 Å². The van der Waals surface area contributed by atoms with Gasteiger partial charge < -0.3 is 15.2 Å². The second-order valence-electron chi connectivity index (χ2n) is 8.42. The number of nitrogens with zero attached hydrogens (tertiary/aromatic N) is 1. The number of rotatable bonds is 7. The monoisotopic (exact) mass is 442 g/mol. The number of piperidine rings is 1. The first kappa shape index (κ1) is 22.0. The molecule has 1 amide bonds. The number of aryl methyl sites for hydroxylation is 1. The van der Waals surface area contributed by atoms with Crippen molar-refractivity contribution in [1.29, 1.82) is 0 Å². The van der Waals surface area contributed by atoms with Gasteiger partial charge in [-0.1, -0.05) is 12.1 Å². The number of thiophene rings is 1. The third-order valence-electron chi connectivity index (χ3n) is 6.23. The molecule has 0 radical (unpaired) electrons. The van der Waals surface area contributed by atoms with Gasteiger partial charge in [-0.2, -0.15) is 0 Å². The fourth-order valence-electron chi connectivity index (χ4n) is 4.67. The summed E-state index contributed by atoms with van der Waals surface area (Å²) in [6.45, 7) is 2.03. The minimum absolute atomic E-state index is 0.0922. The van der Waals surface area contributed by atoms with E-state index >= 15 is 0 Å². The molecular formula is C24H30N2O4S. The minimum Gasteiger partial charge on any atom is -0.496 e. The Bertz CT molecular complexity index is 955. The Kier molecular flexibility index (Phi) is 7.05. The van der Waals surface area contributed by atoms with Gasteiger partial charge in [0.2, 0.25) is 5.91 Å². The summed E-state index contributed by atoms with van der Waals surface area (Å²) in [7, 11) is 1.57. The molecule has 2 aromatic rings. The molecule has 2 aliphatic rings. The zero-order valence-corrected chi connectivity index (χ0v) is 18.8. The summed E-state index contributed by atoms with van der Waals surface area (Å²) in [6.07, 6.45) is 5.97. The lowest BCUT2D eigenvalue weighted by molar-refractivity contribution is -0.117. The summed E-state index contributed by atoms with van der Waals surface area (Å²) in [5.41, 5.74) is 2.23. The highest BCUT2D eigenvalue weighted by Gasteiger charge is 2.29. The van der Waals surface area contributed by atoms with Gasteiger partial charge in [-0.3, -0.25) is 14.5 Å². The van der Waals surface area contributed by atoms with Gasteiger partial charge in [-0.05, 0) is 68.7 Å². The van der Waals surface area contributed by atoms with Gasteiger partial charge in [0.25, 0.3) is 0 Å². The second-order valence-corrected chi connectivity index (χ2v) is 9.52. The van der Waals surface area contributed by atoms with Crippen LogP contribution >= 0.6 is 11.3 Å². The highest BCUT2D eigenvalue weighted by molar-refractivity contribution is 7.17. The molecule has 1 aromatic carbocycles. The van der Waals surface area contributed by atoms with Crippen molar-refractivity contribution in [1.82, 2.24) is 4.90 Å². The van der Waals surface area contributed by atoms with Crippen molar-refractivity contribution in [2.45, 2.75) is 38.5 Å². The summed E-state index contributed by atoms with van der Waals surface area (Å²) >= 11 is 1.54. The van der Waals surface area contributed by atoms with Crippen molar-refractivity contribution in [2.75, 3.05) is 38.7 Å². The quantitative estimate of drug-likeness (QED) is 0.642. The number of aliphatic hydroxyl groups excluding tert-OH is 1. The van der Waals surface area contributed by atoms with Gasteiger partial charge in [-0.15, -0.1) is 11.3 Å². The topological polar surface area (TPSA) is 78.9 Å². The summed E-state index contributed by atoms with van der Waals surface area (Å²) in [6, 6.07) is 7.25. The molecule has 6 nitrogen and oxygen atoms in total. The smallest absolute Gasteiger partial charge is 0.239 e. The van der Waals surface area contributed by atoms with Gasteiger partial charge in [0.05, 0.1) is 24.8 Å². The Hall–Kier alpha value is -2.22. The first-order valence-electron chi connectivity index (χ1n) is 11.1. The van der Waals surface area contributed by atoms with Crippen LogP contribution in [0.25, 0.3) is 0 Å². The maximum atomic E-state index is 13.6. The van der Waals surface area contributed by atoms with Crippen LogP contribution in [0.2, 0.25) is 0 Å². The predicted octanol–water partition coefficient (Wildman–Crippen LogP) is 3.51. The molecule has 0 bridgehead atoms. The molecule has 31 heavy (non-hydrogen) atoms. The van der Waals surface area contributed by atoms with E-state index in [2.05, 4.69) is 10.2 Å². The van der Waals surface area contributed by atoms with Crippen LogP contribution in [0.3, 0.4) is 0 Å². The fraction of sp³-hybridized carbons (Fsp3) is 0.500. The highest BCUT2D eigenvalue weighted by atomic mass is 32.1. The van der Waals surface area contributed by atoms with E-state index in [1.165, 1.54) is 4.88 Å². The van der Waals surface area contributed by atoms with Crippen LogP contribution in [0.1, 0.15) is 52.0 Å². The van der Waals surface area contributed by atoms with Gasteiger partial charge in [0.15, 0.2) is 5.78 Å². The first-order valence-corrected chi connectivity index (χ1v) is 11.9. The van der Waals surface area contributed by atoms with E-state index in [0.717, 1.165) is 57.2 Å². The van der Waals surface area contributed by atoms with Crippen LogP contribution < -0.4 is 10.1 Å². The molecular weight excluding hydrogens is 412 g/mol. The lowest BCUT2D eigenvalue weighted by atomic mass is 9.91. The number of benzene rings is 1. The Morgan fingerprint density at radius 1 is 1.23 bits per heavy atom. The number of carbonyl (C=O) groups excluding carboxylic acids is 2. The molecule has 2 heterocycles. The van der Waals surface area contributed by atoms with Gasteiger partial charge in [0.1, 0.15) is 10.8 Å². The van der Waals surface area contributed by atoms with E-state index in [1.807, 2.05) is 12.1 Å². The third-order valence-corrected chi connectivity index (χ3v) is 7.44. The van der Waals surface area contributed by atoms with Crippen LogP contribution in [0.15, 0.2) is 24.3 Å². The lowest BCUT2D eigenvalue weighted by Gasteiger charge is -2.31. The average Bonchev–Trinajstić information content (AvgIpc) is 3.16. The summed E-state index contributed by atoms with van der Waals surface area (Å²) in [4.78, 5) is 29.7. The SMILES string of the molecule is COc1ccccc1C(=O)c1c(NC(=O)CN2CCCC(CO)C2)sc2c1CCCC2. The van der Waals surface area contributed by atoms with E-state index in [4.69, 9.17) is 4.74 Å². The van der Waals surface area contributed by atoms with E-state index in [0.29, 0.717) is 21.9 Å². The summed E-state index contributed by atoms with van der Waals surface area (Å²) < 4.78 is 5.42. The maximum Gasteiger partial charge on any atom is 0.239 e. The molecule has 2 N–H and O–H groups in total. The number of nitrogens with one attached hydrogen (secondary N) is 1. The molecule has 1 aliphatic heterocycles. The fourth-order valence-corrected chi connectivity index (χ4v) is 5.98. The molecule has 1 aromatic heterocycles. The van der Waals surface area contributed by atoms with Crippen LogP contribution in [0, 0.1) is 5.92 Å². The Labute approximate surface area is 187 Å². The number of amides is 1. The van der Waals surface area contributed by atoms with Crippen molar-refractivity contribution >= 4 is 28.0 Å². The van der Waals surface area contributed by atoms with Crippen molar-refractivity contribution in [3.05, 3.63) is 45.8 Å². The first-order chi connectivity index (χ1) is 15.1. The predicted molar refractivity (Wildman–Crippen MR) is 122 cm³/mol. The van der Waals surface area contributed by atoms with E-state index in [9.17, 15) is 14.7 Å². The number of carbonyl (C=O) groups is 2. The molecule has 0 saturated carbocycles. The Morgan fingerprint density at radius 2 is 2.03 bits per heavy atom. The Morgan fingerprint density at radius 3 is 2.84 bits per heavy atom. The lowest BCUT2D eigenvalue weighted by Crippen LogP contribution is -2.41. The zero-order chi connectivity index (χ0) is 21.8. The summed E-state index contributed by atoms with van der Waals surface area (Å²) in [5, 5.41) is 13.2. The molecule has 166 valence electrons. The molecule has 1 unspecified atom stereocenters. The molecule has 1 fully saturated rings. The summed E-state index contributed by atoms with van der Waals surface area (Å²) in [5.74, 6) is 0.582. The van der Waals surface area contributed by atoms with Crippen LogP contribution in [-0.2, 0) is 17.6 Å². The van der Waals surface area contributed by atoms with Crippen molar-refractivity contribution in [2.24, 2.45) is 5.92 Å². The van der Waals surface area contributed by atoms with E-state index in [-0.39, 0.29) is 30.8 Å². The molecule has 4 rings (SSSR count). The van der Waals surface area contributed by atoms with Crippen molar-refractivity contribution in [3.63, 3.8) is 0 Å². The second kappa shape index (κ2) is 9.94. The third kappa shape index (κ3) is 4.84. The normalized spacial score (nSPS) is 19.0. The number of ketones is 1. The molecule has 1 saturated heterocycles. The van der Waals surface area contributed by atoms with Gasteiger partial charge in [0, 0.05) is 18.0 Å². The number of hydrogen-bond donors (Lipinski definition) is 2. The van der Waals surface area contributed by atoms with E-state index < -0.39 is 0 Å². The van der Waals surface area contributed by atoms with Gasteiger partial charge >= 0.3 is 0 Å². The van der Waals surface area contributed by atoms with Crippen molar-refractivity contribution in [3.8, 4) is 5.75 Å². The largest absolute Gasteiger partial charge is 0.496 e. The highest BCUT2D eigenvalue weighted by Crippen LogP contribution is 2.40. The standard InChI is InChI=1S/C24H30N2O4S/c1-30-19-10-4-2-8-17(19)23(29)22-18-9-3-5-11-20(18)31-24(22)25-21(28)14-26-12-6-7-16(13-26)15-27/h2,4,8,10,16,27H,3,5-7,9,11-15H2,1H3,(H,25,28). The minimum atomic E-state index is -0.105. The number of para-hydroxylation sites is 1. The number of methoxy groups -OCH3 is 1. The van der Waals surface area contributed by atoms with E-state index in [1.54, 1.807) is 30.6 Å². The molecule has 1 atom stereocenters. The number of anilines is 1. The maximum absolute atomic E-state index is 13.6. The Balaban J connectivity index is 1.58. The van der Waals surface area contributed by atoms with Crippen molar-refractivity contribution < 1.29 is 19.4 Å². The molecule has 0 spiro atoms. The number of fused-ring (bicyclic) bond motifs is 1. The zero-order valence-electron chi connectivity index (χ0n) is 18.0. The molecule has 7 heteroatoms. The number of likely N-dealkylation sites (tertiary alicyclic amines) is 1. The number of ether oxygens (including phenoxy) is 1. The van der Waals surface area contributed by atoms with Crippen LogP contribution in [-0.4, -0.2) is 55.0 Å². The van der Waals surface area contributed by atoms with Crippen LogP contribution in [0.5, 0.6) is 5.75 Å². The van der Waals surface area contributed by atoms with Gasteiger partial charge in [-0.25, -0.2) is 0 Å². The number of aliphatic hydroxyl groups is 1.